The van der Waals surface area contributed by atoms with Crippen LogP contribution in [-0.2, 0) is 9.59 Å². The molecule has 7 heteroatoms. The number of rotatable bonds is 2. The van der Waals surface area contributed by atoms with Gasteiger partial charge in [0.1, 0.15) is 6.54 Å². The van der Waals surface area contributed by atoms with E-state index in [2.05, 4.69) is 5.32 Å². The van der Waals surface area contributed by atoms with Crippen LogP contribution < -0.4 is 5.32 Å². The van der Waals surface area contributed by atoms with Crippen molar-refractivity contribution in [1.82, 2.24) is 15.1 Å². The molecule has 17 heavy (non-hydrogen) atoms. The van der Waals surface area contributed by atoms with Crippen LogP contribution in [0.15, 0.2) is 0 Å². The molecular weight excluding hydrogens is 226 g/mol. The van der Waals surface area contributed by atoms with Gasteiger partial charge in [0.25, 0.3) is 5.91 Å². The van der Waals surface area contributed by atoms with Gasteiger partial charge in [0, 0.05) is 13.1 Å². The first kappa shape index (κ1) is 11.8. The zero-order valence-corrected chi connectivity index (χ0v) is 9.60. The predicted molar refractivity (Wildman–Crippen MR) is 56.9 cm³/mol. The molecule has 0 aromatic rings. The molecule has 0 bridgehead atoms. The maximum atomic E-state index is 11.8. The molecular formula is C10H15N3O4. The monoisotopic (exact) mass is 241 g/mol. The van der Waals surface area contributed by atoms with Crippen LogP contribution in [0.2, 0.25) is 0 Å². The molecule has 94 valence electrons. The number of nitrogens with zero attached hydrogens (tertiary/aromatic N) is 2. The molecule has 2 rings (SSSR count). The Balaban J connectivity index is 1.94. The first-order valence-electron chi connectivity index (χ1n) is 5.47. The topological polar surface area (TPSA) is 89.9 Å². The molecule has 2 heterocycles. The molecule has 1 atom stereocenters. The fourth-order valence-corrected chi connectivity index (χ4v) is 2.01. The molecule has 2 aliphatic heterocycles. The van der Waals surface area contributed by atoms with Gasteiger partial charge in [0.2, 0.25) is 5.91 Å². The van der Waals surface area contributed by atoms with E-state index in [4.69, 9.17) is 0 Å². The minimum absolute atomic E-state index is 0.0518. The number of imide groups is 1. The van der Waals surface area contributed by atoms with Gasteiger partial charge in [-0.3, -0.25) is 14.5 Å². The average molecular weight is 241 g/mol. The van der Waals surface area contributed by atoms with Gasteiger partial charge in [-0.25, -0.2) is 4.79 Å². The van der Waals surface area contributed by atoms with Crippen LogP contribution in [0.5, 0.6) is 0 Å². The number of aliphatic hydroxyl groups is 1. The fourth-order valence-electron chi connectivity index (χ4n) is 2.01. The van der Waals surface area contributed by atoms with Crippen LogP contribution >= 0.6 is 0 Å². The third-order valence-corrected chi connectivity index (χ3v) is 3.03. The molecule has 0 saturated carbocycles. The molecule has 7 nitrogen and oxygen atoms in total. The van der Waals surface area contributed by atoms with Crippen LogP contribution in [0.4, 0.5) is 4.79 Å². The number of hydrogen-bond donors (Lipinski definition) is 2. The van der Waals surface area contributed by atoms with Gasteiger partial charge in [-0.15, -0.1) is 0 Å². The van der Waals surface area contributed by atoms with E-state index in [1.165, 1.54) is 4.90 Å². The summed E-state index contributed by atoms with van der Waals surface area (Å²) < 4.78 is 0. The van der Waals surface area contributed by atoms with Gasteiger partial charge in [0.15, 0.2) is 0 Å². The van der Waals surface area contributed by atoms with Crippen molar-refractivity contribution in [3.8, 4) is 0 Å². The molecule has 2 fully saturated rings. The number of urea groups is 1. The minimum Gasteiger partial charge on any atom is -0.388 e. The van der Waals surface area contributed by atoms with Crippen LogP contribution in [-0.4, -0.2) is 64.5 Å². The van der Waals surface area contributed by atoms with Crippen LogP contribution in [0.3, 0.4) is 0 Å². The van der Waals surface area contributed by atoms with Crippen molar-refractivity contribution >= 4 is 17.8 Å². The second-order valence-corrected chi connectivity index (χ2v) is 4.70. The van der Waals surface area contributed by atoms with E-state index in [0.717, 1.165) is 4.90 Å². The number of likely N-dealkylation sites (tertiary alicyclic amines) is 1. The normalized spacial score (nSPS) is 28.8. The van der Waals surface area contributed by atoms with E-state index >= 15 is 0 Å². The van der Waals surface area contributed by atoms with Gasteiger partial charge in [-0.1, -0.05) is 0 Å². The Morgan fingerprint density at radius 1 is 1.53 bits per heavy atom. The Hall–Kier alpha value is -1.63. The second kappa shape index (κ2) is 3.99. The zero-order chi connectivity index (χ0) is 12.6. The summed E-state index contributed by atoms with van der Waals surface area (Å²) in [7, 11) is 0. The lowest BCUT2D eigenvalue weighted by Crippen LogP contribution is -2.43. The maximum absolute atomic E-state index is 11.8. The van der Waals surface area contributed by atoms with Crippen molar-refractivity contribution in [2.24, 2.45) is 0 Å². The van der Waals surface area contributed by atoms with Crippen molar-refractivity contribution in [2.45, 2.75) is 18.9 Å². The molecule has 2 saturated heterocycles. The number of nitrogens with one attached hydrogen (secondary N) is 1. The first-order valence-corrected chi connectivity index (χ1v) is 5.47. The highest BCUT2D eigenvalue weighted by Gasteiger charge is 2.37. The van der Waals surface area contributed by atoms with Gasteiger partial charge in [0.05, 0.1) is 12.1 Å². The van der Waals surface area contributed by atoms with Crippen molar-refractivity contribution in [2.75, 3.05) is 26.2 Å². The number of β-amino-alcohol motifs (C(OH)–C–C–N with tert-alkyl or cyclic N) is 1. The van der Waals surface area contributed by atoms with Gasteiger partial charge >= 0.3 is 6.03 Å². The van der Waals surface area contributed by atoms with E-state index in [0.29, 0.717) is 13.0 Å². The van der Waals surface area contributed by atoms with E-state index in [1.54, 1.807) is 6.92 Å². The Labute approximate surface area is 98.4 Å². The highest BCUT2D eigenvalue weighted by atomic mass is 16.3. The number of carbonyl (C=O) groups is 3. The molecule has 0 spiro atoms. The smallest absolute Gasteiger partial charge is 0.325 e. The summed E-state index contributed by atoms with van der Waals surface area (Å²) in [5.41, 5.74) is -0.868. The van der Waals surface area contributed by atoms with Crippen LogP contribution in [0.25, 0.3) is 0 Å². The molecule has 0 aliphatic carbocycles. The van der Waals surface area contributed by atoms with Gasteiger partial charge < -0.3 is 15.3 Å². The Kier molecular flexibility index (Phi) is 2.78. The van der Waals surface area contributed by atoms with Crippen molar-refractivity contribution in [1.29, 1.82) is 0 Å². The number of hydrogen-bond acceptors (Lipinski definition) is 4. The largest absolute Gasteiger partial charge is 0.388 e. The standard InChI is InChI=1S/C10H15N3O4/c1-10(17)2-3-12(6-10)8(15)5-13-7(14)4-11-9(13)16/h17H,2-6H2,1H3,(H,11,16). The Morgan fingerprint density at radius 2 is 2.24 bits per heavy atom. The van der Waals surface area contributed by atoms with Crippen molar-refractivity contribution in [3.05, 3.63) is 0 Å². The maximum Gasteiger partial charge on any atom is 0.325 e. The Morgan fingerprint density at radius 3 is 2.71 bits per heavy atom. The average Bonchev–Trinajstić information content (AvgIpc) is 2.75. The molecule has 0 aromatic carbocycles. The highest BCUT2D eigenvalue weighted by Crippen LogP contribution is 2.20. The summed E-state index contributed by atoms with van der Waals surface area (Å²) in [4.78, 5) is 36.7. The fraction of sp³-hybridized carbons (Fsp3) is 0.700. The SMILES string of the molecule is CC1(O)CCN(C(=O)CN2C(=O)CNC2=O)C1. The first-order chi connectivity index (χ1) is 7.89. The van der Waals surface area contributed by atoms with Crippen molar-refractivity contribution in [3.63, 3.8) is 0 Å². The highest BCUT2D eigenvalue weighted by molar-refractivity contribution is 6.04. The summed E-state index contributed by atoms with van der Waals surface area (Å²) in [5.74, 6) is -0.706. The van der Waals surface area contributed by atoms with Gasteiger partial charge in [-0.05, 0) is 13.3 Å². The molecule has 4 amide bonds. The molecule has 0 radical (unpaired) electrons. The van der Waals surface area contributed by atoms with Crippen LogP contribution in [0, 0.1) is 0 Å². The summed E-state index contributed by atoms with van der Waals surface area (Å²) in [6, 6.07) is -0.533. The van der Waals surface area contributed by atoms with E-state index in [-0.39, 0.29) is 25.5 Å². The zero-order valence-electron chi connectivity index (χ0n) is 9.60. The van der Waals surface area contributed by atoms with E-state index in [1.807, 2.05) is 0 Å². The molecule has 1 unspecified atom stereocenters. The lowest BCUT2D eigenvalue weighted by molar-refractivity contribution is -0.136. The second-order valence-electron chi connectivity index (χ2n) is 4.70. The Bertz CT molecular complexity index is 364. The predicted octanol–water partition coefficient (Wildman–Crippen LogP) is -1.48. The summed E-state index contributed by atoms with van der Waals surface area (Å²) in [6.07, 6.45) is 0.513. The summed E-state index contributed by atoms with van der Waals surface area (Å²) in [6.45, 7) is 2.06. The molecule has 0 aromatic heterocycles. The minimum atomic E-state index is -0.868. The third kappa shape index (κ3) is 2.38. The quantitative estimate of drug-likeness (QED) is 0.577. The van der Waals surface area contributed by atoms with Gasteiger partial charge in [-0.2, -0.15) is 0 Å². The number of carbonyl (C=O) groups excluding carboxylic acids is 3. The molecule has 2 N–H and O–H groups in total. The van der Waals surface area contributed by atoms with Crippen LogP contribution in [0.1, 0.15) is 13.3 Å². The lowest BCUT2D eigenvalue weighted by atomic mass is 10.1. The summed E-state index contributed by atoms with van der Waals surface area (Å²) in [5, 5.41) is 12.1. The lowest BCUT2D eigenvalue weighted by Gasteiger charge is -2.21. The van der Waals surface area contributed by atoms with E-state index in [9.17, 15) is 19.5 Å². The summed E-state index contributed by atoms with van der Waals surface area (Å²) >= 11 is 0. The molecule has 2 aliphatic rings. The number of amides is 4. The third-order valence-electron chi connectivity index (χ3n) is 3.03. The van der Waals surface area contributed by atoms with E-state index < -0.39 is 17.5 Å². The van der Waals surface area contributed by atoms with Crippen molar-refractivity contribution < 1.29 is 19.5 Å².